The van der Waals surface area contributed by atoms with Gasteiger partial charge in [0.2, 0.25) is 0 Å². The van der Waals surface area contributed by atoms with E-state index < -0.39 is 0 Å². The van der Waals surface area contributed by atoms with Crippen molar-refractivity contribution in [1.29, 1.82) is 0 Å². The van der Waals surface area contributed by atoms with Crippen LogP contribution in [-0.4, -0.2) is 37.0 Å². The molecule has 3 heteroatoms. The first-order valence-electron chi connectivity index (χ1n) is 6.74. The molecule has 1 heterocycles. The zero-order chi connectivity index (χ0) is 11.4. The van der Waals surface area contributed by atoms with E-state index in [4.69, 9.17) is 9.84 Å². The summed E-state index contributed by atoms with van der Waals surface area (Å²) in [5.41, 5.74) is 0. The Bertz CT molecular complexity index is 196. The second kappa shape index (κ2) is 5.99. The molecule has 0 radical (unpaired) electrons. The fourth-order valence-corrected chi connectivity index (χ4v) is 2.97. The van der Waals surface area contributed by atoms with Crippen LogP contribution in [0.3, 0.4) is 0 Å². The van der Waals surface area contributed by atoms with E-state index in [2.05, 4.69) is 12.2 Å². The molecule has 2 fully saturated rings. The van der Waals surface area contributed by atoms with Gasteiger partial charge in [0.1, 0.15) is 0 Å². The van der Waals surface area contributed by atoms with Crippen LogP contribution in [0, 0.1) is 11.8 Å². The topological polar surface area (TPSA) is 41.5 Å². The van der Waals surface area contributed by atoms with Crippen LogP contribution >= 0.6 is 0 Å². The molecule has 0 bridgehead atoms. The van der Waals surface area contributed by atoms with Crippen LogP contribution in [0.1, 0.15) is 39.0 Å². The summed E-state index contributed by atoms with van der Waals surface area (Å²) in [6.45, 7) is 4.53. The highest BCUT2D eigenvalue weighted by atomic mass is 16.5. The number of aliphatic hydroxyl groups excluding tert-OH is 1. The summed E-state index contributed by atoms with van der Waals surface area (Å²) in [6, 6.07) is 1.25. The maximum atomic E-state index is 9.09. The lowest BCUT2D eigenvalue weighted by atomic mass is 9.85. The number of hydrogen-bond acceptors (Lipinski definition) is 3. The second-order valence-electron chi connectivity index (χ2n) is 5.48. The second-order valence-corrected chi connectivity index (χ2v) is 5.48. The van der Waals surface area contributed by atoms with Gasteiger partial charge in [-0.15, -0.1) is 0 Å². The molecular formula is C13H25NO2. The Hall–Kier alpha value is -0.120. The van der Waals surface area contributed by atoms with Crippen LogP contribution in [-0.2, 0) is 4.74 Å². The van der Waals surface area contributed by atoms with Gasteiger partial charge in [0.25, 0.3) is 0 Å². The van der Waals surface area contributed by atoms with Crippen molar-refractivity contribution in [3.8, 4) is 0 Å². The minimum Gasteiger partial charge on any atom is -0.396 e. The van der Waals surface area contributed by atoms with Crippen molar-refractivity contribution in [2.75, 3.05) is 19.8 Å². The molecule has 1 aliphatic heterocycles. The molecule has 1 saturated carbocycles. The highest BCUT2D eigenvalue weighted by Crippen LogP contribution is 2.25. The van der Waals surface area contributed by atoms with Gasteiger partial charge in [-0.25, -0.2) is 0 Å². The zero-order valence-electron chi connectivity index (χ0n) is 10.3. The minimum atomic E-state index is 0.374. The van der Waals surface area contributed by atoms with Crippen LogP contribution in [0.5, 0.6) is 0 Å². The van der Waals surface area contributed by atoms with Crippen LogP contribution in [0.2, 0.25) is 0 Å². The molecule has 0 aromatic carbocycles. The van der Waals surface area contributed by atoms with Crippen molar-refractivity contribution in [3.05, 3.63) is 0 Å². The summed E-state index contributed by atoms with van der Waals surface area (Å²) in [6.07, 6.45) is 6.02. The highest BCUT2D eigenvalue weighted by Gasteiger charge is 2.26. The van der Waals surface area contributed by atoms with Crippen LogP contribution < -0.4 is 5.32 Å². The number of ether oxygens (including phenoxy) is 1. The van der Waals surface area contributed by atoms with Gasteiger partial charge in [0, 0.05) is 25.3 Å². The van der Waals surface area contributed by atoms with E-state index in [1.165, 1.54) is 32.1 Å². The fourth-order valence-electron chi connectivity index (χ4n) is 2.97. The van der Waals surface area contributed by atoms with Crippen molar-refractivity contribution in [2.45, 2.75) is 51.1 Å². The van der Waals surface area contributed by atoms with Gasteiger partial charge in [0.05, 0.1) is 6.61 Å². The molecule has 0 aromatic heterocycles. The van der Waals surface area contributed by atoms with E-state index >= 15 is 0 Å². The zero-order valence-corrected chi connectivity index (χ0v) is 10.3. The number of nitrogens with one attached hydrogen (secondary N) is 1. The van der Waals surface area contributed by atoms with E-state index in [1.54, 1.807) is 0 Å². The lowest BCUT2D eigenvalue weighted by Crippen LogP contribution is -2.43. The number of rotatable bonds is 4. The van der Waals surface area contributed by atoms with Gasteiger partial charge in [0.15, 0.2) is 0 Å². The standard InChI is InChI=1S/C13H25NO2/c1-10(12-6-7-16-9-12)14-13-4-2-11(8-15)3-5-13/h10-15H,2-9H2,1H3. The van der Waals surface area contributed by atoms with Crippen molar-refractivity contribution >= 4 is 0 Å². The average Bonchev–Trinajstić information content (AvgIpc) is 2.83. The van der Waals surface area contributed by atoms with E-state index in [9.17, 15) is 0 Å². The Morgan fingerprint density at radius 3 is 2.56 bits per heavy atom. The molecule has 2 unspecified atom stereocenters. The summed E-state index contributed by atoms with van der Waals surface area (Å²) in [7, 11) is 0. The van der Waals surface area contributed by atoms with E-state index in [1.807, 2.05) is 0 Å². The van der Waals surface area contributed by atoms with Crippen molar-refractivity contribution in [1.82, 2.24) is 5.32 Å². The van der Waals surface area contributed by atoms with Gasteiger partial charge in [-0.05, 0) is 50.9 Å². The molecule has 0 spiro atoms. The molecule has 2 rings (SSSR count). The highest BCUT2D eigenvalue weighted by molar-refractivity contribution is 4.83. The van der Waals surface area contributed by atoms with E-state index in [0.717, 1.165) is 13.2 Å². The van der Waals surface area contributed by atoms with Crippen LogP contribution in [0.15, 0.2) is 0 Å². The molecule has 2 N–H and O–H groups in total. The Labute approximate surface area is 98.6 Å². The maximum absolute atomic E-state index is 9.09. The molecule has 0 amide bonds. The van der Waals surface area contributed by atoms with Gasteiger partial charge < -0.3 is 15.2 Å². The minimum absolute atomic E-state index is 0.374. The van der Waals surface area contributed by atoms with Gasteiger partial charge in [-0.2, -0.15) is 0 Å². The predicted molar refractivity (Wildman–Crippen MR) is 64.4 cm³/mol. The summed E-state index contributed by atoms with van der Waals surface area (Å²) < 4.78 is 5.43. The van der Waals surface area contributed by atoms with E-state index in [0.29, 0.717) is 30.5 Å². The largest absolute Gasteiger partial charge is 0.396 e. The molecule has 0 aromatic rings. The third-order valence-electron chi connectivity index (χ3n) is 4.28. The monoisotopic (exact) mass is 227 g/mol. The molecule has 2 aliphatic rings. The smallest absolute Gasteiger partial charge is 0.0509 e. The first-order valence-corrected chi connectivity index (χ1v) is 6.74. The van der Waals surface area contributed by atoms with E-state index in [-0.39, 0.29) is 0 Å². The van der Waals surface area contributed by atoms with Crippen molar-refractivity contribution in [3.63, 3.8) is 0 Å². The molecule has 1 aliphatic carbocycles. The average molecular weight is 227 g/mol. The SMILES string of the molecule is CC(NC1CCC(CO)CC1)C1CCOC1. The lowest BCUT2D eigenvalue weighted by molar-refractivity contribution is 0.159. The first kappa shape index (κ1) is 12.3. The molecule has 1 saturated heterocycles. The molecule has 3 nitrogen and oxygen atoms in total. The fraction of sp³-hybridized carbons (Fsp3) is 1.00. The summed E-state index contributed by atoms with van der Waals surface area (Å²) in [4.78, 5) is 0. The van der Waals surface area contributed by atoms with Gasteiger partial charge >= 0.3 is 0 Å². The Kier molecular flexibility index (Phi) is 4.62. The first-order chi connectivity index (χ1) is 7.79. The number of hydrogen-bond donors (Lipinski definition) is 2. The third kappa shape index (κ3) is 3.19. The van der Waals surface area contributed by atoms with Gasteiger partial charge in [-0.3, -0.25) is 0 Å². The maximum Gasteiger partial charge on any atom is 0.0509 e. The Balaban J connectivity index is 1.69. The Morgan fingerprint density at radius 1 is 1.25 bits per heavy atom. The summed E-state index contributed by atoms with van der Waals surface area (Å²) in [5, 5.41) is 12.8. The quantitative estimate of drug-likeness (QED) is 0.765. The Morgan fingerprint density at radius 2 is 2.00 bits per heavy atom. The number of aliphatic hydroxyl groups is 1. The van der Waals surface area contributed by atoms with Crippen LogP contribution in [0.25, 0.3) is 0 Å². The molecule has 16 heavy (non-hydrogen) atoms. The molecule has 94 valence electrons. The van der Waals surface area contributed by atoms with Crippen molar-refractivity contribution < 1.29 is 9.84 Å². The molecule has 2 atom stereocenters. The summed E-state index contributed by atoms with van der Waals surface area (Å²) in [5.74, 6) is 1.26. The van der Waals surface area contributed by atoms with Crippen molar-refractivity contribution in [2.24, 2.45) is 11.8 Å². The van der Waals surface area contributed by atoms with Gasteiger partial charge in [-0.1, -0.05) is 0 Å². The van der Waals surface area contributed by atoms with Crippen LogP contribution in [0.4, 0.5) is 0 Å². The normalized spacial score (nSPS) is 37.5. The summed E-state index contributed by atoms with van der Waals surface area (Å²) >= 11 is 0. The third-order valence-corrected chi connectivity index (χ3v) is 4.28. The molecular weight excluding hydrogens is 202 g/mol. The lowest BCUT2D eigenvalue weighted by Gasteiger charge is -2.32. The predicted octanol–water partition coefficient (Wildman–Crippen LogP) is 1.55.